The highest BCUT2D eigenvalue weighted by molar-refractivity contribution is 7.14. The molecular formula is C13H22N2OS. The zero-order chi connectivity index (χ0) is 12.7. The fourth-order valence-electron chi connectivity index (χ4n) is 1.65. The van der Waals surface area contributed by atoms with Gasteiger partial charge in [0.1, 0.15) is 0 Å². The summed E-state index contributed by atoms with van der Waals surface area (Å²) in [6.07, 6.45) is 6.54. The summed E-state index contributed by atoms with van der Waals surface area (Å²) >= 11 is 1.53. The number of unbranched alkanes of at least 4 members (excludes halogenated alkanes) is 4. The molecule has 1 aromatic heterocycles. The van der Waals surface area contributed by atoms with E-state index in [0.29, 0.717) is 6.42 Å². The van der Waals surface area contributed by atoms with Crippen molar-refractivity contribution in [3.8, 4) is 0 Å². The Morgan fingerprint density at radius 2 is 2.06 bits per heavy atom. The Kier molecular flexibility index (Phi) is 6.19. The van der Waals surface area contributed by atoms with Crippen LogP contribution in [0.3, 0.4) is 0 Å². The van der Waals surface area contributed by atoms with Gasteiger partial charge in [0.15, 0.2) is 5.13 Å². The van der Waals surface area contributed by atoms with E-state index in [-0.39, 0.29) is 5.91 Å². The Labute approximate surface area is 108 Å². The summed E-state index contributed by atoms with van der Waals surface area (Å²) in [6, 6.07) is 0. The number of hydrogen-bond acceptors (Lipinski definition) is 3. The Hall–Kier alpha value is -0.900. The minimum atomic E-state index is 0.177. The van der Waals surface area contributed by atoms with E-state index >= 15 is 0 Å². The van der Waals surface area contributed by atoms with E-state index in [0.717, 1.165) is 23.7 Å². The molecule has 4 heteroatoms. The normalized spacial score (nSPS) is 10.5. The van der Waals surface area contributed by atoms with Gasteiger partial charge in [0.25, 0.3) is 0 Å². The van der Waals surface area contributed by atoms with Crippen molar-refractivity contribution in [2.24, 2.45) is 0 Å². The molecule has 1 amide bonds. The van der Waals surface area contributed by atoms with Gasteiger partial charge in [0.05, 0.1) is 5.69 Å². The lowest BCUT2D eigenvalue weighted by Crippen LogP contribution is -2.25. The van der Waals surface area contributed by atoms with E-state index in [1.807, 2.05) is 19.4 Å². The highest BCUT2D eigenvalue weighted by atomic mass is 32.1. The van der Waals surface area contributed by atoms with E-state index < -0.39 is 0 Å². The van der Waals surface area contributed by atoms with Crippen molar-refractivity contribution in [2.45, 2.75) is 52.4 Å². The monoisotopic (exact) mass is 254 g/mol. The van der Waals surface area contributed by atoms with Crippen LogP contribution in [0.1, 0.15) is 51.1 Å². The van der Waals surface area contributed by atoms with Crippen molar-refractivity contribution in [1.29, 1.82) is 0 Å². The van der Waals surface area contributed by atoms with Gasteiger partial charge in [-0.25, -0.2) is 4.98 Å². The molecule has 0 fully saturated rings. The van der Waals surface area contributed by atoms with Gasteiger partial charge >= 0.3 is 0 Å². The van der Waals surface area contributed by atoms with Crippen LogP contribution >= 0.6 is 11.3 Å². The largest absolute Gasteiger partial charge is 0.291 e. The Morgan fingerprint density at radius 1 is 1.35 bits per heavy atom. The van der Waals surface area contributed by atoms with Gasteiger partial charge in [-0.2, -0.15) is 0 Å². The van der Waals surface area contributed by atoms with E-state index in [2.05, 4.69) is 11.9 Å². The summed E-state index contributed by atoms with van der Waals surface area (Å²) in [5.41, 5.74) is 0.979. The fourth-order valence-corrected chi connectivity index (χ4v) is 2.44. The van der Waals surface area contributed by atoms with Gasteiger partial charge in [-0.3, -0.25) is 9.69 Å². The van der Waals surface area contributed by atoms with Gasteiger partial charge in [0.2, 0.25) is 5.91 Å². The van der Waals surface area contributed by atoms with Crippen LogP contribution in [-0.4, -0.2) is 17.9 Å². The smallest absolute Gasteiger partial charge is 0.228 e. The van der Waals surface area contributed by atoms with Gasteiger partial charge in [0, 0.05) is 18.8 Å². The summed E-state index contributed by atoms with van der Waals surface area (Å²) in [5, 5.41) is 2.78. The molecule has 3 nitrogen and oxygen atoms in total. The first-order chi connectivity index (χ1) is 8.15. The standard InChI is InChI=1S/C13H22N2OS/c1-4-5-6-7-8-9-12(16)15(3)13-14-11(2)10-17-13/h10H,4-9H2,1-3H3. The van der Waals surface area contributed by atoms with E-state index in [1.54, 1.807) is 4.90 Å². The molecule has 0 aliphatic carbocycles. The van der Waals surface area contributed by atoms with Gasteiger partial charge in [-0.15, -0.1) is 11.3 Å². The Balaban J connectivity index is 2.28. The van der Waals surface area contributed by atoms with Crippen LogP contribution in [0.4, 0.5) is 5.13 Å². The molecule has 0 N–H and O–H groups in total. The highest BCUT2D eigenvalue weighted by Crippen LogP contribution is 2.19. The number of carbonyl (C=O) groups is 1. The summed E-state index contributed by atoms with van der Waals surface area (Å²) in [6.45, 7) is 4.15. The lowest BCUT2D eigenvalue weighted by molar-refractivity contribution is -0.118. The van der Waals surface area contributed by atoms with Gasteiger partial charge < -0.3 is 0 Å². The average molecular weight is 254 g/mol. The molecule has 0 aliphatic heterocycles. The minimum absolute atomic E-state index is 0.177. The molecule has 0 atom stereocenters. The lowest BCUT2D eigenvalue weighted by atomic mass is 10.1. The van der Waals surface area contributed by atoms with Crippen LogP contribution in [-0.2, 0) is 4.79 Å². The predicted molar refractivity (Wildman–Crippen MR) is 73.6 cm³/mol. The van der Waals surface area contributed by atoms with E-state index in [4.69, 9.17) is 0 Å². The van der Waals surface area contributed by atoms with Crippen LogP contribution < -0.4 is 4.90 Å². The molecule has 0 unspecified atom stereocenters. The maximum absolute atomic E-state index is 11.9. The topological polar surface area (TPSA) is 33.2 Å². The number of nitrogens with zero attached hydrogens (tertiary/aromatic N) is 2. The second-order valence-corrected chi connectivity index (χ2v) is 5.22. The number of aromatic nitrogens is 1. The van der Waals surface area contributed by atoms with Crippen LogP contribution in [0.25, 0.3) is 0 Å². The number of amides is 1. The van der Waals surface area contributed by atoms with E-state index in [9.17, 15) is 4.79 Å². The molecule has 0 spiro atoms. The summed E-state index contributed by atoms with van der Waals surface area (Å²) in [4.78, 5) is 17.9. The number of aryl methyl sites for hydroxylation is 1. The first kappa shape index (κ1) is 14.2. The predicted octanol–water partition coefficient (Wildman–Crippen LogP) is 3.77. The van der Waals surface area contributed by atoms with Crippen LogP contribution in [0.5, 0.6) is 0 Å². The first-order valence-corrected chi connectivity index (χ1v) is 7.21. The number of carbonyl (C=O) groups excluding carboxylic acids is 1. The molecule has 1 heterocycles. The lowest BCUT2D eigenvalue weighted by Gasteiger charge is -2.13. The fraction of sp³-hybridized carbons (Fsp3) is 0.692. The minimum Gasteiger partial charge on any atom is -0.291 e. The molecule has 0 radical (unpaired) electrons. The highest BCUT2D eigenvalue weighted by Gasteiger charge is 2.12. The van der Waals surface area contributed by atoms with Crippen molar-refractivity contribution < 1.29 is 4.79 Å². The Bertz CT molecular complexity index is 349. The molecule has 96 valence electrons. The molecule has 1 aromatic rings. The summed E-state index contributed by atoms with van der Waals surface area (Å²) < 4.78 is 0. The zero-order valence-electron chi connectivity index (χ0n) is 11.0. The second kappa shape index (κ2) is 7.43. The molecule has 17 heavy (non-hydrogen) atoms. The average Bonchev–Trinajstić information content (AvgIpc) is 2.74. The maximum Gasteiger partial charge on any atom is 0.228 e. The maximum atomic E-state index is 11.9. The number of anilines is 1. The molecule has 0 saturated carbocycles. The molecule has 0 aliphatic rings. The number of thiazole rings is 1. The third-order valence-electron chi connectivity index (χ3n) is 2.76. The SMILES string of the molecule is CCCCCCCC(=O)N(C)c1nc(C)cs1. The summed E-state index contributed by atoms with van der Waals surface area (Å²) in [7, 11) is 1.81. The van der Waals surface area contributed by atoms with Crippen molar-refractivity contribution in [2.75, 3.05) is 11.9 Å². The third kappa shape index (κ3) is 4.86. The summed E-state index contributed by atoms with van der Waals surface area (Å²) in [5.74, 6) is 0.177. The van der Waals surface area contributed by atoms with E-state index in [1.165, 1.54) is 30.6 Å². The molecular weight excluding hydrogens is 232 g/mol. The number of hydrogen-bond donors (Lipinski definition) is 0. The van der Waals surface area contributed by atoms with Crippen molar-refractivity contribution in [1.82, 2.24) is 4.98 Å². The van der Waals surface area contributed by atoms with Crippen LogP contribution in [0, 0.1) is 6.92 Å². The Morgan fingerprint density at radius 3 is 2.65 bits per heavy atom. The third-order valence-corrected chi connectivity index (χ3v) is 3.80. The molecule has 0 bridgehead atoms. The van der Waals surface area contributed by atoms with Gasteiger partial charge in [-0.1, -0.05) is 32.6 Å². The van der Waals surface area contributed by atoms with Crippen molar-refractivity contribution in [3.63, 3.8) is 0 Å². The quantitative estimate of drug-likeness (QED) is 0.694. The molecule has 1 rings (SSSR count). The van der Waals surface area contributed by atoms with Gasteiger partial charge in [-0.05, 0) is 13.3 Å². The van der Waals surface area contributed by atoms with Crippen molar-refractivity contribution in [3.05, 3.63) is 11.1 Å². The second-order valence-electron chi connectivity index (χ2n) is 4.39. The first-order valence-electron chi connectivity index (χ1n) is 6.33. The molecule has 0 saturated heterocycles. The van der Waals surface area contributed by atoms with Crippen LogP contribution in [0.2, 0.25) is 0 Å². The van der Waals surface area contributed by atoms with Crippen molar-refractivity contribution >= 4 is 22.4 Å². The number of rotatable bonds is 7. The van der Waals surface area contributed by atoms with Crippen LogP contribution in [0.15, 0.2) is 5.38 Å². The zero-order valence-corrected chi connectivity index (χ0v) is 11.8. The molecule has 0 aromatic carbocycles.